The van der Waals surface area contributed by atoms with E-state index in [0.717, 1.165) is 17.7 Å². The van der Waals surface area contributed by atoms with Crippen LogP contribution in [0.3, 0.4) is 0 Å². The molecule has 0 unspecified atom stereocenters. The van der Waals surface area contributed by atoms with Crippen molar-refractivity contribution >= 4 is 5.91 Å². The average Bonchev–Trinajstić information content (AvgIpc) is 3.20. The van der Waals surface area contributed by atoms with E-state index in [2.05, 4.69) is 11.9 Å². The van der Waals surface area contributed by atoms with E-state index in [0.29, 0.717) is 18.2 Å². The summed E-state index contributed by atoms with van der Waals surface area (Å²) in [6, 6.07) is 14.5. The maximum atomic E-state index is 13.5. The zero-order chi connectivity index (χ0) is 18.5. The Labute approximate surface area is 155 Å². The van der Waals surface area contributed by atoms with E-state index in [1.54, 1.807) is 11.0 Å². The third-order valence-corrected chi connectivity index (χ3v) is 5.35. The second-order valence-electron chi connectivity index (χ2n) is 7.24. The predicted molar refractivity (Wildman–Crippen MR) is 104 cm³/mol. The van der Waals surface area contributed by atoms with Gasteiger partial charge in [0.1, 0.15) is 5.82 Å². The highest BCUT2D eigenvalue weighted by Gasteiger charge is 2.20. The smallest absolute Gasteiger partial charge is 0.253 e. The molecule has 2 aromatic carbocycles. The summed E-state index contributed by atoms with van der Waals surface area (Å²) in [5.74, 6) is -0.269. The van der Waals surface area contributed by atoms with Crippen LogP contribution >= 0.6 is 0 Å². The Kier molecular flexibility index (Phi) is 6.04. The van der Waals surface area contributed by atoms with E-state index >= 15 is 0 Å². The first-order valence-corrected chi connectivity index (χ1v) is 9.36. The first-order chi connectivity index (χ1) is 12.5. The number of benzene rings is 2. The molecule has 1 fully saturated rings. The summed E-state index contributed by atoms with van der Waals surface area (Å²) in [5.41, 5.74) is 2.27. The van der Waals surface area contributed by atoms with Crippen molar-refractivity contribution in [3.63, 3.8) is 0 Å². The van der Waals surface area contributed by atoms with E-state index < -0.39 is 0 Å². The molecule has 1 aliphatic carbocycles. The minimum absolute atomic E-state index is 0.00285. The third-order valence-electron chi connectivity index (χ3n) is 5.35. The minimum atomic E-state index is -0.272. The van der Waals surface area contributed by atoms with Crippen LogP contribution in [0.15, 0.2) is 48.5 Å². The molecule has 1 saturated carbocycles. The first-order valence-electron chi connectivity index (χ1n) is 9.36. The van der Waals surface area contributed by atoms with Gasteiger partial charge in [0.25, 0.3) is 5.91 Å². The van der Waals surface area contributed by atoms with Crippen LogP contribution in [0.4, 0.5) is 4.39 Å². The zero-order valence-electron chi connectivity index (χ0n) is 15.6. The lowest BCUT2D eigenvalue weighted by Crippen LogP contribution is -2.38. The van der Waals surface area contributed by atoms with E-state index in [1.165, 1.54) is 37.8 Å². The number of carbonyl (C=O) groups is 1. The molecule has 138 valence electrons. The molecule has 0 radical (unpaired) electrons. The summed E-state index contributed by atoms with van der Waals surface area (Å²) in [5, 5.41) is 0. The number of nitrogens with zero attached hydrogens (tertiary/aromatic N) is 2. The lowest BCUT2D eigenvalue weighted by molar-refractivity contribution is 0.0774. The van der Waals surface area contributed by atoms with Gasteiger partial charge in [-0.2, -0.15) is 0 Å². The van der Waals surface area contributed by atoms with Gasteiger partial charge in [0.2, 0.25) is 0 Å². The molecule has 0 saturated heterocycles. The van der Waals surface area contributed by atoms with Gasteiger partial charge in [0.15, 0.2) is 0 Å². The van der Waals surface area contributed by atoms with Gasteiger partial charge in [0.05, 0.1) is 0 Å². The number of hydrogen-bond acceptors (Lipinski definition) is 2. The Morgan fingerprint density at radius 1 is 1.00 bits per heavy atom. The summed E-state index contributed by atoms with van der Waals surface area (Å²) in [7, 11) is 4.00. The molecule has 0 aromatic heterocycles. The molecule has 0 atom stereocenters. The van der Waals surface area contributed by atoms with E-state index in [4.69, 9.17) is 0 Å². The second-order valence-corrected chi connectivity index (χ2v) is 7.24. The van der Waals surface area contributed by atoms with Gasteiger partial charge in [-0.3, -0.25) is 4.79 Å². The molecule has 1 aliphatic rings. The van der Waals surface area contributed by atoms with Gasteiger partial charge >= 0.3 is 0 Å². The van der Waals surface area contributed by atoms with Crippen LogP contribution in [0.5, 0.6) is 0 Å². The highest BCUT2D eigenvalue weighted by atomic mass is 19.1. The number of amides is 1. The monoisotopic (exact) mass is 354 g/mol. The molecule has 3 nitrogen and oxygen atoms in total. The van der Waals surface area contributed by atoms with Crippen LogP contribution in [0.25, 0.3) is 11.1 Å². The lowest BCUT2D eigenvalue weighted by atomic mass is 10.0. The summed E-state index contributed by atoms with van der Waals surface area (Å²) < 4.78 is 13.5. The molecule has 2 aromatic rings. The van der Waals surface area contributed by atoms with Crippen molar-refractivity contribution in [2.75, 3.05) is 27.2 Å². The summed E-state index contributed by atoms with van der Waals surface area (Å²) in [6.07, 6.45) is 5.17. The number of halogens is 1. The van der Waals surface area contributed by atoms with Crippen molar-refractivity contribution in [2.45, 2.75) is 31.7 Å². The highest BCUT2D eigenvalue weighted by Crippen LogP contribution is 2.23. The number of likely N-dealkylation sites (N-methyl/N-ethyl adjacent to an activating group) is 2. The number of hydrogen-bond donors (Lipinski definition) is 0. The Bertz CT molecular complexity index is 755. The van der Waals surface area contributed by atoms with Crippen molar-refractivity contribution in [3.8, 4) is 11.1 Å². The second kappa shape index (κ2) is 8.45. The zero-order valence-corrected chi connectivity index (χ0v) is 15.6. The van der Waals surface area contributed by atoms with E-state index in [1.807, 2.05) is 37.4 Å². The van der Waals surface area contributed by atoms with Gasteiger partial charge in [-0.25, -0.2) is 4.39 Å². The summed E-state index contributed by atoms with van der Waals surface area (Å²) >= 11 is 0. The fourth-order valence-electron chi connectivity index (χ4n) is 3.66. The van der Waals surface area contributed by atoms with Crippen molar-refractivity contribution in [1.82, 2.24) is 9.80 Å². The molecular weight excluding hydrogens is 327 g/mol. The highest BCUT2D eigenvalue weighted by molar-refractivity contribution is 5.95. The van der Waals surface area contributed by atoms with Crippen LogP contribution < -0.4 is 0 Å². The molecule has 1 amide bonds. The van der Waals surface area contributed by atoms with Gasteiger partial charge < -0.3 is 9.80 Å². The van der Waals surface area contributed by atoms with Crippen molar-refractivity contribution in [1.29, 1.82) is 0 Å². The van der Waals surface area contributed by atoms with Gasteiger partial charge in [-0.15, -0.1) is 0 Å². The van der Waals surface area contributed by atoms with Crippen molar-refractivity contribution in [2.24, 2.45) is 0 Å². The number of rotatable bonds is 6. The molecule has 0 bridgehead atoms. The lowest BCUT2D eigenvalue weighted by Gasteiger charge is -2.27. The molecule has 3 rings (SSSR count). The molecule has 0 heterocycles. The fourth-order valence-corrected chi connectivity index (χ4v) is 3.66. The van der Waals surface area contributed by atoms with Gasteiger partial charge in [0, 0.05) is 31.7 Å². The van der Waals surface area contributed by atoms with Crippen molar-refractivity contribution < 1.29 is 9.18 Å². The Hall–Kier alpha value is -2.20. The Balaban J connectivity index is 1.64. The summed E-state index contributed by atoms with van der Waals surface area (Å²) in [4.78, 5) is 16.9. The third kappa shape index (κ3) is 4.50. The van der Waals surface area contributed by atoms with Crippen LogP contribution in [-0.2, 0) is 0 Å². The van der Waals surface area contributed by atoms with E-state index in [-0.39, 0.29) is 11.7 Å². The molecule has 26 heavy (non-hydrogen) atoms. The molecule has 4 heteroatoms. The predicted octanol–water partition coefficient (Wildman–Crippen LogP) is 4.44. The van der Waals surface area contributed by atoms with Crippen LogP contribution in [0.1, 0.15) is 36.0 Å². The molecule has 0 aliphatic heterocycles. The van der Waals surface area contributed by atoms with Crippen LogP contribution in [-0.4, -0.2) is 48.9 Å². The quantitative estimate of drug-likeness (QED) is 0.766. The maximum Gasteiger partial charge on any atom is 0.253 e. The van der Waals surface area contributed by atoms with Crippen LogP contribution in [0.2, 0.25) is 0 Å². The SMILES string of the molecule is CN(CCN(C)C1CCCC1)C(=O)c1cccc(-c2cccc(F)c2)c1. The van der Waals surface area contributed by atoms with Gasteiger partial charge in [-0.1, -0.05) is 37.1 Å². The van der Waals surface area contributed by atoms with Crippen molar-refractivity contribution in [3.05, 3.63) is 59.9 Å². The summed E-state index contributed by atoms with van der Waals surface area (Å²) in [6.45, 7) is 1.59. The maximum absolute atomic E-state index is 13.5. The topological polar surface area (TPSA) is 23.6 Å². The fraction of sp³-hybridized carbons (Fsp3) is 0.409. The first kappa shape index (κ1) is 18.6. The number of carbonyl (C=O) groups excluding carboxylic acids is 1. The molecule has 0 N–H and O–H groups in total. The van der Waals surface area contributed by atoms with E-state index in [9.17, 15) is 9.18 Å². The largest absolute Gasteiger partial charge is 0.340 e. The van der Waals surface area contributed by atoms with Crippen LogP contribution in [0, 0.1) is 5.82 Å². The van der Waals surface area contributed by atoms with Gasteiger partial charge in [-0.05, 0) is 55.3 Å². The average molecular weight is 354 g/mol. The normalized spacial score (nSPS) is 14.8. The molecule has 0 spiro atoms. The minimum Gasteiger partial charge on any atom is -0.340 e. The Morgan fingerprint density at radius 3 is 2.35 bits per heavy atom. The standard InChI is InChI=1S/C22H27FN2O/c1-24(21-11-3-4-12-21)13-14-25(2)22(26)19-9-5-7-17(15-19)18-8-6-10-20(23)16-18/h5-10,15-16,21H,3-4,11-14H2,1-2H3. The Morgan fingerprint density at radius 2 is 1.65 bits per heavy atom. The molecular formula is C22H27FN2O.